The highest BCUT2D eigenvalue weighted by molar-refractivity contribution is 7.99. The van der Waals surface area contributed by atoms with E-state index in [0.29, 0.717) is 23.0 Å². The SMILES string of the molecule is Cn1nnnc1SCCNC(=O)c1ccccc1-n1cnnc1. The second kappa shape index (κ2) is 7.01. The third-order valence-electron chi connectivity index (χ3n) is 3.05. The number of thioether (sulfide) groups is 1. The second-order valence-corrected chi connectivity index (χ2v) is 5.64. The minimum absolute atomic E-state index is 0.147. The predicted molar refractivity (Wildman–Crippen MR) is 83.2 cm³/mol. The van der Waals surface area contributed by atoms with Crippen molar-refractivity contribution in [2.75, 3.05) is 12.3 Å². The molecule has 9 nitrogen and oxygen atoms in total. The third kappa shape index (κ3) is 3.54. The zero-order valence-corrected chi connectivity index (χ0v) is 13.1. The second-order valence-electron chi connectivity index (χ2n) is 4.58. The highest BCUT2D eigenvalue weighted by Crippen LogP contribution is 2.14. The molecule has 10 heteroatoms. The molecule has 23 heavy (non-hydrogen) atoms. The highest BCUT2D eigenvalue weighted by Gasteiger charge is 2.12. The van der Waals surface area contributed by atoms with Crippen LogP contribution in [0.5, 0.6) is 0 Å². The first-order valence-electron chi connectivity index (χ1n) is 6.83. The quantitative estimate of drug-likeness (QED) is 0.512. The molecule has 3 rings (SSSR count). The lowest BCUT2D eigenvalue weighted by Crippen LogP contribution is -2.26. The van der Waals surface area contributed by atoms with E-state index in [4.69, 9.17) is 0 Å². The Morgan fingerprint density at radius 1 is 1.26 bits per heavy atom. The number of nitrogens with one attached hydrogen (secondary N) is 1. The maximum atomic E-state index is 12.4. The lowest BCUT2D eigenvalue weighted by atomic mass is 10.1. The number of aromatic nitrogens is 7. The number of para-hydroxylation sites is 1. The van der Waals surface area contributed by atoms with Crippen LogP contribution in [0.3, 0.4) is 0 Å². The number of carbonyl (C=O) groups is 1. The summed E-state index contributed by atoms with van der Waals surface area (Å²) >= 11 is 1.48. The van der Waals surface area contributed by atoms with Crippen LogP contribution in [-0.2, 0) is 7.05 Å². The lowest BCUT2D eigenvalue weighted by Gasteiger charge is -2.09. The molecule has 0 aliphatic carbocycles. The Labute approximate surface area is 136 Å². The van der Waals surface area contributed by atoms with E-state index >= 15 is 0 Å². The van der Waals surface area contributed by atoms with Gasteiger partial charge in [-0.3, -0.25) is 9.36 Å². The average Bonchev–Trinajstić information content (AvgIpc) is 3.23. The Kier molecular flexibility index (Phi) is 4.62. The highest BCUT2D eigenvalue weighted by atomic mass is 32.2. The molecule has 118 valence electrons. The van der Waals surface area contributed by atoms with E-state index in [-0.39, 0.29) is 5.91 Å². The van der Waals surface area contributed by atoms with Crippen LogP contribution in [0.15, 0.2) is 42.1 Å². The molecule has 2 heterocycles. The van der Waals surface area contributed by atoms with Gasteiger partial charge in [0.2, 0.25) is 5.16 Å². The van der Waals surface area contributed by atoms with Crippen LogP contribution in [0.25, 0.3) is 5.69 Å². The van der Waals surface area contributed by atoms with Crippen molar-refractivity contribution in [1.82, 2.24) is 40.3 Å². The van der Waals surface area contributed by atoms with Crippen molar-refractivity contribution in [3.63, 3.8) is 0 Å². The van der Waals surface area contributed by atoms with Crippen LogP contribution in [-0.4, -0.2) is 53.2 Å². The van der Waals surface area contributed by atoms with Crippen LogP contribution < -0.4 is 5.32 Å². The zero-order valence-electron chi connectivity index (χ0n) is 12.3. The first-order valence-corrected chi connectivity index (χ1v) is 7.81. The largest absolute Gasteiger partial charge is 0.351 e. The Morgan fingerprint density at radius 3 is 2.78 bits per heavy atom. The van der Waals surface area contributed by atoms with E-state index < -0.39 is 0 Å². The van der Waals surface area contributed by atoms with Gasteiger partial charge in [0.05, 0.1) is 11.3 Å². The molecule has 1 amide bonds. The monoisotopic (exact) mass is 330 g/mol. The number of hydrogen-bond acceptors (Lipinski definition) is 7. The smallest absolute Gasteiger partial charge is 0.253 e. The Morgan fingerprint density at radius 2 is 2.04 bits per heavy atom. The summed E-state index contributed by atoms with van der Waals surface area (Å²) < 4.78 is 3.29. The van der Waals surface area contributed by atoms with E-state index in [1.54, 1.807) is 35.0 Å². The molecular weight excluding hydrogens is 316 g/mol. The first kappa shape index (κ1) is 15.2. The Hall–Kier alpha value is -2.75. The van der Waals surface area contributed by atoms with Gasteiger partial charge in [0, 0.05) is 19.3 Å². The summed E-state index contributed by atoms with van der Waals surface area (Å²) in [5, 5.41) is 22.3. The molecular formula is C13H14N8OS. The maximum Gasteiger partial charge on any atom is 0.253 e. The number of aryl methyl sites for hydroxylation is 1. The molecule has 0 unspecified atom stereocenters. The van der Waals surface area contributed by atoms with Crippen molar-refractivity contribution in [2.24, 2.45) is 7.05 Å². The van der Waals surface area contributed by atoms with Crippen molar-refractivity contribution >= 4 is 17.7 Å². The molecule has 0 aliphatic rings. The normalized spacial score (nSPS) is 10.7. The van der Waals surface area contributed by atoms with Crippen molar-refractivity contribution in [3.8, 4) is 5.69 Å². The molecule has 0 radical (unpaired) electrons. The number of tetrazole rings is 1. The zero-order chi connectivity index (χ0) is 16.1. The standard InChI is InChI=1S/C13H14N8OS/c1-20-13(17-18-19-20)23-7-6-14-12(22)10-4-2-3-5-11(10)21-8-15-16-9-21/h2-5,8-9H,6-7H2,1H3,(H,14,22). The van der Waals surface area contributed by atoms with Gasteiger partial charge >= 0.3 is 0 Å². The van der Waals surface area contributed by atoms with E-state index in [2.05, 4.69) is 31.0 Å². The molecule has 2 aromatic heterocycles. The van der Waals surface area contributed by atoms with Gasteiger partial charge in [0.25, 0.3) is 5.91 Å². The maximum absolute atomic E-state index is 12.4. The number of hydrogen-bond donors (Lipinski definition) is 1. The fourth-order valence-electron chi connectivity index (χ4n) is 1.96. The van der Waals surface area contributed by atoms with Crippen LogP contribution >= 0.6 is 11.8 Å². The summed E-state index contributed by atoms with van der Waals surface area (Å²) in [7, 11) is 1.77. The summed E-state index contributed by atoms with van der Waals surface area (Å²) in [5.41, 5.74) is 1.30. The molecule has 0 atom stereocenters. The number of rotatable bonds is 6. The first-order chi connectivity index (χ1) is 11.3. The van der Waals surface area contributed by atoms with E-state index in [1.165, 1.54) is 11.8 Å². The molecule has 1 aromatic carbocycles. The number of benzene rings is 1. The molecule has 0 aliphatic heterocycles. The van der Waals surface area contributed by atoms with Crippen molar-refractivity contribution in [2.45, 2.75) is 5.16 Å². The van der Waals surface area contributed by atoms with Crippen LogP contribution in [0.2, 0.25) is 0 Å². The molecule has 3 aromatic rings. The Bertz CT molecular complexity index is 785. The summed E-state index contributed by atoms with van der Waals surface area (Å²) in [6.45, 7) is 0.507. The average molecular weight is 330 g/mol. The molecule has 0 fully saturated rings. The number of nitrogens with zero attached hydrogens (tertiary/aromatic N) is 7. The van der Waals surface area contributed by atoms with Crippen molar-refractivity contribution < 1.29 is 4.79 Å². The van der Waals surface area contributed by atoms with Crippen molar-refractivity contribution in [3.05, 3.63) is 42.5 Å². The van der Waals surface area contributed by atoms with Gasteiger partial charge in [0.1, 0.15) is 12.7 Å². The fourth-order valence-corrected chi connectivity index (χ4v) is 2.67. The summed E-state index contributed by atoms with van der Waals surface area (Å²) in [5.74, 6) is 0.528. The summed E-state index contributed by atoms with van der Waals surface area (Å²) in [6.07, 6.45) is 3.12. The van der Waals surface area contributed by atoms with Gasteiger partial charge in [-0.05, 0) is 22.6 Å². The molecule has 0 bridgehead atoms. The number of amides is 1. The minimum Gasteiger partial charge on any atom is -0.351 e. The van der Waals surface area contributed by atoms with E-state index in [0.717, 1.165) is 5.69 Å². The van der Waals surface area contributed by atoms with Crippen LogP contribution in [0.4, 0.5) is 0 Å². The molecule has 0 saturated carbocycles. The topological polar surface area (TPSA) is 103 Å². The van der Waals surface area contributed by atoms with Crippen molar-refractivity contribution in [1.29, 1.82) is 0 Å². The van der Waals surface area contributed by atoms with Gasteiger partial charge in [-0.2, -0.15) is 0 Å². The number of carbonyl (C=O) groups excluding carboxylic acids is 1. The third-order valence-corrected chi connectivity index (χ3v) is 4.06. The van der Waals surface area contributed by atoms with Crippen LogP contribution in [0, 0.1) is 0 Å². The van der Waals surface area contributed by atoms with Gasteiger partial charge in [-0.25, -0.2) is 4.68 Å². The van der Waals surface area contributed by atoms with Crippen LogP contribution in [0.1, 0.15) is 10.4 Å². The summed E-state index contributed by atoms with van der Waals surface area (Å²) in [4.78, 5) is 12.4. The van der Waals surface area contributed by atoms with Gasteiger partial charge in [0.15, 0.2) is 0 Å². The fraction of sp³-hybridized carbons (Fsp3) is 0.231. The predicted octanol–water partition coefficient (Wildman–Crippen LogP) is 0.313. The lowest BCUT2D eigenvalue weighted by molar-refractivity contribution is 0.0956. The molecule has 0 spiro atoms. The molecule has 0 saturated heterocycles. The van der Waals surface area contributed by atoms with Gasteiger partial charge < -0.3 is 5.32 Å². The van der Waals surface area contributed by atoms with Gasteiger partial charge in [-0.15, -0.1) is 15.3 Å². The minimum atomic E-state index is -0.147. The Balaban J connectivity index is 1.60. The van der Waals surface area contributed by atoms with E-state index in [9.17, 15) is 4.79 Å². The van der Waals surface area contributed by atoms with Gasteiger partial charge in [-0.1, -0.05) is 23.9 Å². The molecule has 1 N–H and O–H groups in total. The summed E-state index contributed by atoms with van der Waals surface area (Å²) in [6, 6.07) is 7.30. The van der Waals surface area contributed by atoms with E-state index in [1.807, 2.05) is 18.2 Å².